The molecule has 0 bridgehead atoms. The molecule has 0 aliphatic rings. The van der Waals surface area contributed by atoms with Crippen LogP contribution in [-0.2, 0) is 0 Å². The quantitative estimate of drug-likeness (QED) is 0.913. The van der Waals surface area contributed by atoms with E-state index < -0.39 is 11.8 Å². The number of hydrogen-bond donors (Lipinski definition) is 1. The van der Waals surface area contributed by atoms with Gasteiger partial charge in [0.05, 0.1) is 18.8 Å². The molecule has 0 fully saturated rings. The monoisotopic (exact) mass is 295 g/mol. The Bertz CT molecular complexity index is 665. The molecule has 0 amide bonds. The molecule has 112 valence electrons. The molecule has 0 saturated carbocycles. The van der Waals surface area contributed by atoms with Crippen molar-refractivity contribution >= 4 is 5.97 Å². The number of carboxylic acid groups (broad SMARTS) is 1. The van der Waals surface area contributed by atoms with Crippen molar-refractivity contribution in [3.63, 3.8) is 0 Å². The summed E-state index contributed by atoms with van der Waals surface area (Å²) >= 11 is 0. The summed E-state index contributed by atoms with van der Waals surface area (Å²) in [5.74, 6) is -1.31. The maximum atomic E-state index is 14.1. The summed E-state index contributed by atoms with van der Waals surface area (Å²) in [6.07, 6.45) is -0.137. The third-order valence-electron chi connectivity index (χ3n) is 2.61. The van der Waals surface area contributed by atoms with E-state index in [1.807, 2.05) is 13.8 Å². The molecule has 1 heterocycles. The van der Waals surface area contributed by atoms with E-state index in [0.717, 1.165) is 12.1 Å². The average molecular weight is 295 g/mol. The van der Waals surface area contributed by atoms with E-state index in [1.54, 1.807) is 0 Å². The molecule has 21 heavy (non-hydrogen) atoms. The maximum absolute atomic E-state index is 14.1. The number of aromatic nitrogens is 1. The highest BCUT2D eigenvalue weighted by Gasteiger charge is 2.19. The molecule has 0 spiro atoms. The maximum Gasteiger partial charge on any atom is 0.358 e. The molecule has 2 rings (SSSR count). The van der Waals surface area contributed by atoms with Crippen LogP contribution >= 0.6 is 0 Å². The van der Waals surface area contributed by atoms with Gasteiger partial charge in [-0.15, -0.1) is 0 Å². The number of benzene rings is 1. The molecule has 6 nitrogen and oxygen atoms in total. The first kappa shape index (κ1) is 14.8. The Labute approximate surface area is 120 Å². The van der Waals surface area contributed by atoms with Gasteiger partial charge in [0, 0.05) is 12.1 Å². The van der Waals surface area contributed by atoms with Gasteiger partial charge >= 0.3 is 5.97 Å². The van der Waals surface area contributed by atoms with Gasteiger partial charge in [0.25, 0.3) is 0 Å². The molecule has 0 atom stereocenters. The lowest BCUT2D eigenvalue weighted by molar-refractivity contribution is 0.0686. The zero-order chi connectivity index (χ0) is 15.6. The first-order valence-corrected chi connectivity index (χ1v) is 6.17. The minimum absolute atomic E-state index is 0.00107. The van der Waals surface area contributed by atoms with Crippen LogP contribution in [0.1, 0.15) is 24.3 Å². The number of hydrogen-bond acceptors (Lipinski definition) is 5. The van der Waals surface area contributed by atoms with Crippen LogP contribution in [0.25, 0.3) is 11.3 Å². The van der Waals surface area contributed by atoms with E-state index in [-0.39, 0.29) is 28.9 Å². The van der Waals surface area contributed by atoms with Crippen LogP contribution in [0, 0.1) is 5.82 Å². The predicted octanol–water partition coefficient (Wildman–Crippen LogP) is 2.97. The molecule has 1 N–H and O–H groups in total. The van der Waals surface area contributed by atoms with Crippen LogP contribution in [0.4, 0.5) is 4.39 Å². The zero-order valence-electron chi connectivity index (χ0n) is 11.7. The fraction of sp³-hybridized carbons (Fsp3) is 0.286. The van der Waals surface area contributed by atoms with Crippen LogP contribution < -0.4 is 9.47 Å². The Hall–Kier alpha value is -2.57. The number of halogens is 1. The standard InChI is InChI=1S/C14H14FNO5/c1-7(2)20-13-4-8(9(15)5-12(13)19-3)11-6-10(14(17)18)16-21-11/h4-7H,1-3H3,(H,17,18). The summed E-state index contributed by atoms with van der Waals surface area (Å²) in [6, 6.07) is 3.68. The molecular formula is C14H14FNO5. The summed E-state index contributed by atoms with van der Waals surface area (Å²) in [5, 5.41) is 12.2. The third-order valence-corrected chi connectivity index (χ3v) is 2.61. The zero-order valence-corrected chi connectivity index (χ0v) is 11.7. The number of carbonyl (C=O) groups is 1. The fourth-order valence-electron chi connectivity index (χ4n) is 1.73. The molecule has 0 saturated heterocycles. The van der Waals surface area contributed by atoms with Crippen molar-refractivity contribution in [3.05, 3.63) is 29.7 Å². The number of rotatable bonds is 5. The molecule has 0 unspecified atom stereocenters. The van der Waals surface area contributed by atoms with Crippen LogP contribution in [-0.4, -0.2) is 29.4 Å². The van der Waals surface area contributed by atoms with Crippen LogP contribution in [0.2, 0.25) is 0 Å². The number of ether oxygens (including phenoxy) is 2. The molecule has 7 heteroatoms. The Morgan fingerprint density at radius 2 is 2.05 bits per heavy atom. The van der Waals surface area contributed by atoms with E-state index in [2.05, 4.69) is 5.16 Å². The second-order valence-electron chi connectivity index (χ2n) is 4.53. The van der Waals surface area contributed by atoms with Crippen molar-refractivity contribution in [2.24, 2.45) is 0 Å². The first-order valence-electron chi connectivity index (χ1n) is 6.17. The SMILES string of the molecule is COc1cc(F)c(-c2cc(C(=O)O)no2)cc1OC(C)C. The molecule has 0 aliphatic carbocycles. The van der Waals surface area contributed by atoms with E-state index in [1.165, 1.54) is 13.2 Å². The van der Waals surface area contributed by atoms with Crippen LogP contribution in [0.5, 0.6) is 11.5 Å². The number of aromatic carboxylic acids is 1. The van der Waals surface area contributed by atoms with Gasteiger partial charge in [-0.2, -0.15) is 0 Å². The van der Waals surface area contributed by atoms with Crippen molar-refractivity contribution in [2.45, 2.75) is 20.0 Å². The minimum atomic E-state index is -1.25. The molecule has 2 aromatic rings. The van der Waals surface area contributed by atoms with Gasteiger partial charge < -0.3 is 19.1 Å². The van der Waals surface area contributed by atoms with Crippen molar-refractivity contribution in [1.29, 1.82) is 0 Å². The van der Waals surface area contributed by atoms with E-state index >= 15 is 0 Å². The predicted molar refractivity (Wildman–Crippen MR) is 71.2 cm³/mol. The molecule has 1 aromatic heterocycles. The highest BCUT2D eigenvalue weighted by molar-refractivity contribution is 5.86. The topological polar surface area (TPSA) is 81.8 Å². The lowest BCUT2D eigenvalue weighted by Gasteiger charge is -2.14. The van der Waals surface area contributed by atoms with Crippen molar-refractivity contribution < 1.29 is 28.3 Å². The summed E-state index contributed by atoms with van der Waals surface area (Å²) in [4.78, 5) is 10.8. The van der Waals surface area contributed by atoms with Crippen LogP contribution in [0.15, 0.2) is 22.7 Å². The number of carboxylic acids is 1. The second-order valence-corrected chi connectivity index (χ2v) is 4.53. The van der Waals surface area contributed by atoms with E-state index in [4.69, 9.17) is 19.1 Å². The normalized spacial score (nSPS) is 10.7. The van der Waals surface area contributed by atoms with Crippen LogP contribution in [0.3, 0.4) is 0 Å². The largest absolute Gasteiger partial charge is 0.493 e. The van der Waals surface area contributed by atoms with Crippen molar-refractivity contribution in [1.82, 2.24) is 5.16 Å². The lowest BCUT2D eigenvalue weighted by atomic mass is 10.1. The van der Waals surface area contributed by atoms with Gasteiger partial charge in [-0.1, -0.05) is 5.16 Å². The summed E-state index contributed by atoms with van der Waals surface area (Å²) in [7, 11) is 1.40. The molecule has 0 aliphatic heterocycles. The number of nitrogens with zero attached hydrogens (tertiary/aromatic N) is 1. The third kappa shape index (κ3) is 3.13. The first-order chi connectivity index (χ1) is 9.92. The molecule has 0 radical (unpaired) electrons. The Morgan fingerprint density at radius 3 is 2.57 bits per heavy atom. The fourth-order valence-corrected chi connectivity index (χ4v) is 1.73. The van der Waals surface area contributed by atoms with Crippen molar-refractivity contribution in [2.75, 3.05) is 7.11 Å². The average Bonchev–Trinajstić information content (AvgIpc) is 2.89. The van der Waals surface area contributed by atoms with E-state index in [9.17, 15) is 9.18 Å². The second kappa shape index (κ2) is 5.82. The molecular weight excluding hydrogens is 281 g/mol. The number of methoxy groups -OCH3 is 1. The van der Waals surface area contributed by atoms with Gasteiger partial charge in [-0.3, -0.25) is 0 Å². The van der Waals surface area contributed by atoms with Gasteiger partial charge in [-0.05, 0) is 19.9 Å². The lowest BCUT2D eigenvalue weighted by Crippen LogP contribution is -2.07. The Balaban J connectivity index is 2.49. The highest BCUT2D eigenvalue weighted by atomic mass is 19.1. The minimum Gasteiger partial charge on any atom is -0.493 e. The smallest absolute Gasteiger partial charge is 0.358 e. The van der Waals surface area contributed by atoms with Crippen molar-refractivity contribution in [3.8, 4) is 22.8 Å². The van der Waals surface area contributed by atoms with Gasteiger partial charge in [-0.25, -0.2) is 9.18 Å². The van der Waals surface area contributed by atoms with E-state index in [0.29, 0.717) is 5.75 Å². The summed E-state index contributed by atoms with van der Waals surface area (Å²) in [6.45, 7) is 3.64. The summed E-state index contributed by atoms with van der Waals surface area (Å²) in [5.41, 5.74) is -0.252. The summed E-state index contributed by atoms with van der Waals surface area (Å²) < 4.78 is 29.5. The molecule has 1 aromatic carbocycles. The highest BCUT2D eigenvalue weighted by Crippen LogP contribution is 2.35. The van der Waals surface area contributed by atoms with Gasteiger partial charge in [0.2, 0.25) is 0 Å². The Morgan fingerprint density at radius 1 is 1.33 bits per heavy atom. The van der Waals surface area contributed by atoms with Gasteiger partial charge in [0.1, 0.15) is 5.82 Å². The Kier molecular flexibility index (Phi) is 4.11. The van der Waals surface area contributed by atoms with Gasteiger partial charge in [0.15, 0.2) is 23.0 Å².